The third-order valence-corrected chi connectivity index (χ3v) is 2.81. The van der Waals surface area contributed by atoms with Crippen molar-refractivity contribution in [1.29, 1.82) is 10.5 Å². The number of benzene rings is 1. The van der Waals surface area contributed by atoms with Crippen LogP contribution in [0.5, 0.6) is 0 Å². The molecule has 1 aliphatic heterocycles. The summed E-state index contributed by atoms with van der Waals surface area (Å²) in [6.45, 7) is 0.434. The third-order valence-electron chi connectivity index (χ3n) is 2.81. The number of amides is 1. The first-order chi connectivity index (χ1) is 8.69. The molecule has 5 nitrogen and oxygen atoms in total. The fourth-order valence-corrected chi connectivity index (χ4v) is 1.71. The van der Waals surface area contributed by atoms with Crippen LogP contribution in [-0.4, -0.2) is 24.1 Å². The first-order valence-corrected chi connectivity index (χ1v) is 5.47. The van der Waals surface area contributed by atoms with Gasteiger partial charge in [0.05, 0.1) is 25.2 Å². The molecule has 0 spiro atoms. The van der Waals surface area contributed by atoms with Gasteiger partial charge in [-0.05, 0) is 5.56 Å². The van der Waals surface area contributed by atoms with Gasteiger partial charge in [0.25, 0.3) is 0 Å². The van der Waals surface area contributed by atoms with Gasteiger partial charge in [-0.3, -0.25) is 0 Å². The Morgan fingerprint density at radius 2 is 1.89 bits per heavy atom. The van der Waals surface area contributed by atoms with Gasteiger partial charge in [0.15, 0.2) is 5.41 Å². The minimum Gasteiger partial charge on any atom is -0.445 e. The largest absolute Gasteiger partial charge is 0.445 e. The van der Waals surface area contributed by atoms with Crippen LogP contribution in [0.1, 0.15) is 5.56 Å². The standard InChI is InChI=1S/C13H11N3O2/c14-7-13(8-15)9-16(10-13)12(17)18-6-11-4-2-1-3-5-11/h1-5H,6,9-10H2. The van der Waals surface area contributed by atoms with Gasteiger partial charge in [-0.15, -0.1) is 0 Å². The molecule has 2 rings (SSSR count). The maximum Gasteiger partial charge on any atom is 0.410 e. The van der Waals surface area contributed by atoms with Gasteiger partial charge in [0.1, 0.15) is 6.61 Å². The van der Waals surface area contributed by atoms with E-state index in [4.69, 9.17) is 15.3 Å². The van der Waals surface area contributed by atoms with Crippen molar-refractivity contribution in [1.82, 2.24) is 4.90 Å². The Kier molecular flexibility index (Phi) is 3.16. The molecular weight excluding hydrogens is 230 g/mol. The van der Waals surface area contributed by atoms with E-state index in [0.29, 0.717) is 0 Å². The van der Waals surface area contributed by atoms with Crippen LogP contribution in [0.4, 0.5) is 4.79 Å². The molecule has 18 heavy (non-hydrogen) atoms. The van der Waals surface area contributed by atoms with Crippen molar-refractivity contribution < 1.29 is 9.53 Å². The van der Waals surface area contributed by atoms with E-state index in [2.05, 4.69) is 0 Å². The van der Waals surface area contributed by atoms with Crippen molar-refractivity contribution in [2.75, 3.05) is 13.1 Å². The number of carbonyl (C=O) groups excluding carboxylic acids is 1. The highest BCUT2D eigenvalue weighted by molar-refractivity contribution is 5.69. The first-order valence-electron chi connectivity index (χ1n) is 5.47. The van der Waals surface area contributed by atoms with Crippen LogP contribution in [0.25, 0.3) is 0 Å². The minimum atomic E-state index is -1.05. The summed E-state index contributed by atoms with van der Waals surface area (Å²) >= 11 is 0. The summed E-state index contributed by atoms with van der Waals surface area (Å²) in [6, 6.07) is 13.2. The Morgan fingerprint density at radius 1 is 1.28 bits per heavy atom. The summed E-state index contributed by atoms with van der Waals surface area (Å²) in [6.07, 6.45) is -0.486. The topological polar surface area (TPSA) is 77.1 Å². The molecular formula is C13H11N3O2. The SMILES string of the molecule is N#CC1(C#N)CN(C(=O)OCc2ccccc2)C1. The van der Waals surface area contributed by atoms with Crippen molar-refractivity contribution in [2.24, 2.45) is 5.41 Å². The van der Waals surface area contributed by atoms with Crippen LogP contribution in [0.15, 0.2) is 30.3 Å². The van der Waals surface area contributed by atoms with Crippen LogP contribution in [0, 0.1) is 28.1 Å². The lowest BCUT2D eigenvalue weighted by atomic mass is 9.83. The van der Waals surface area contributed by atoms with Crippen LogP contribution in [-0.2, 0) is 11.3 Å². The molecule has 1 fully saturated rings. The summed E-state index contributed by atoms with van der Waals surface area (Å²) in [4.78, 5) is 13.0. The van der Waals surface area contributed by atoms with Crippen LogP contribution in [0.2, 0.25) is 0 Å². The first kappa shape index (κ1) is 11.9. The summed E-state index contributed by atoms with van der Waals surface area (Å²) in [5.74, 6) is 0. The Morgan fingerprint density at radius 3 is 2.44 bits per heavy atom. The highest BCUT2D eigenvalue weighted by atomic mass is 16.6. The third kappa shape index (κ3) is 2.26. The summed E-state index contributed by atoms with van der Waals surface area (Å²) in [5.41, 5.74) is -0.149. The van der Waals surface area contributed by atoms with Crippen molar-refractivity contribution in [3.8, 4) is 12.1 Å². The number of ether oxygens (including phenoxy) is 1. The number of carbonyl (C=O) groups is 1. The molecule has 0 aromatic heterocycles. The molecule has 0 saturated carbocycles. The smallest absolute Gasteiger partial charge is 0.410 e. The molecule has 0 bridgehead atoms. The van der Waals surface area contributed by atoms with E-state index < -0.39 is 11.5 Å². The Balaban J connectivity index is 1.82. The van der Waals surface area contributed by atoms with Gasteiger partial charge in [-0.1, -0.05) is 30.3 Å². The lowest BCUT2D eigenvalue weighted by Crippen LogP contribution is -2.57. The number of hydrogen-bond acceptors (Lipinski definition) is 4. The zero-order chi connectivity index (χ0) is 13.0. The summed E-state index contributed by atoms with van der Waals surface area (Å²) in [7, 11) is 0. The number of nitriles is 2. The average Bonchev–Trinajstić information content (AvgIpc) is 2.37. The van der Waals surface area contributed by atoms with Crippen molar-refractivity contribution in [3.05, 3.63) is 35.9 Å². The quantitative estimate of drug-likeness (QED) is 0.789. The van der Waals surface area contributed by atoms with Crippen LogP contribution in [0.3, 0.4) is 0 Å². The van der Waals surface area contributed by atoms with Gasteiger partial charge in [0, 0.05) is 0 Å². The van der Waals surface area contributed by atoms with Crippen molar-refractivity contribution in [3.63, 3.8) is 0 Å². The lowest BCUT2D eigenvalue weighted by molar-refractivity contribution is 0.0436. The summed E-state index contributed by atoms with van der Waals surface area (Å²) in [5, 5.41) is 17.6. The van der Waals surface area contributed by atoms with E-state index in [1.807, 2.05) is 42.5 Å². The van der Waals surface area contributed by atoms with E-state index >= 15 is 0 Å². The molecule has 1 aromatic carbocycles. The minimum absolute atomic E-state index is 0.119. The zero-order valence-electron chi connectivity index (χ0n) is 9.67. The average molecular weight is 241 g/mol. The normalized spacial score (nSPS) is 16.0. The van der Waals surface area contributed by atoms with Gasteiger partial charge in [-0.2, -0.15) is 10.5 Å². The highest BCUT2D eigenvalue weighted by Crippen LogP contribution is 2.29. The molecule has 0 atom stereocenters. The molecule has 0 radical (unpaired) electrons. The molecule has 1 heterocycles. The predicted octanol–water partition coefficient (Wildman–Crippen LogP) is 1.67. The molecule has 0 unspecified atom stereocenters. The van der Waals surface area contributed by atoms with E-state index in [0.717, 1.165) is 5.56 Å². The van der Waals surface area contributed by atoms with Gasteiger partial charge < -0.3 is 9.64 Å². The van der Waals surface area contributed by atoms with E-state index in [-0.39, 0.29) is 19.7 Å². The molecule has 1 amide bonds. The Hall–Kier alpha value is -2.53. The monoisotopic (exact) mass is 241 g/mol. The van der Waals surface area contributed by atoms with Crippen LogP contribution < -0.4 is 0 Å². The molecule has 1 aliphatic rings. The fourth-order valence-electron chi connectivity index (χ4n) is 1.71. The second kappa shape index (κ2) is 4.77. The fraction of sp³-hybridized carbons (Fsp3) is 0.308. The van der Waals surface area contributed by atoms with E-state index in [1.54, 1.807) is 0 Å². The molecule has 1 saturated heterocycles. The maximum atomic E-state index is 11.6. The summed E-state index contributed by atoms with van der Waals surface area (Å²) < 4.78 is 5.08. The van der Waals surface area contributed by atoms with E-state index in [9.17, 15) is 4.79 Å². The van der Waals surface area contributed by atoms with Crippen LogP contribution >= 0.6 is 0 Å². The van der Waals surface area contributed by atoms with E-state index in [1.165, 1.54) is 4.90 Å². The number of rotatable bonds is 2. The molecule has 90 valence electrons. The predicted molar refractivity (Wildman–Crippen MR) is 61.9 cm³/mol. The molecule has 1 aromatic rings. The van der Waals surface area contributed by atoms with Gasteiger partial charge in [0.2, 0.25) is 0 Å². The Labute approximate surface area is 105 Å². The van der Waals surface area contributed by atoms with Gasteiger partial charge >= 0.3 is 6.09 Å². The number of likely N-dealkylation sites (tertiary alicyclic amines) is 1. The zero-order valence-corrected chi connectivity index (χ0v) is 9.67. The highest BCUT2D eigenvalue weighted by Gasteiger charge is 2.47. The molecule has 0 N–H and O–H groups in total. The van der Waals surface area contributed by atoms with Gasteiger partial charge in [-0.25, -0.2) is 4.79 Å². The second-order valence-corrected chi connectivity index (χ2v) is 4.20. The molecule has 5 heteroatoms. The number of hydrogen-bond donors (Lipinski definition) is 0. The lowest BCUT2D eigenvalue weighted by Gasteiger charge is -2.39. The second-order valence-electron chi connectivity index (χ2n) is 4.20. The van der Waals surface area contributed by atoms with Crippen molar-refractivity contribution >= 4 is 6.09 Å². The van der Waals surface area contributed by atoms with Crippen molar-refractivity contribution in [2.45, 2.75) is 6.61 Å². The Bertz CT molecular complexity index is 505. The maximum absolute atomic E-state index is 11.6. The molecule has 0 aliphatic carbocycles. The number of nitrogens with zero attached hydrogens (tertiary/aromatic N) is 3.